The summed E-state index contributed by atoms with van der Waals surface area (Å²) >= 11 is 23.5. The van der Waals surface area contributed by atoms with E-state index in [0.717, 1.165) is 24.3 Å². The van der Waals surface area contributed by atoms with Crippen molar-refractivity contribution in [3.05, 3.63) is 73.2 Å². The number of amides is 1. The topological polar surface area (TPSA) is 41.1 Å². The van der Waals surface area contributed by atoms with Crippen molar-refractivity contribution in [2.75, 3.05) is 19.8 Å². The number of nitrogens with one attached hydrogen (secondary N) is 2. The lowest BCUT2D eigenvalue weighted by Crippen LogP contribution is -2.40. The van der Waals surface area contributed by atoms with Crippen LogP contribution in [0.3, 0.4) is 0 Å². The van der Waals surface area contributed by atoms with Gasteiger partial charge in [-0.15, -0.1) is 0 Å². The molecule has 0 fully saturated rings. The van der Waals surface area contributed by atoms with Crippen LogP contribution >= 0.6 is 46.4 Å². The van der Waals surface area contributed by atoms with E-state index in [2.05, 4.69) is 10.6 Å². The van der Waals surface area contributed by atoms with Crippen LogP contribution < -0.4 is 10.6 Å². The molecule has 2 aromatic carbocycles. The minimum Gasteiger partial charge on any atom is -0.348 e. The molecule has 0 saturated carbocycles. The second kappa shape index (κ2) is 12.4. The minimum atomic E-state index is -4.87. The van der Waals surface area contributed by atoms with Crippen LogP contribution in [0.1, 0.15) is 34.3 Å². The average molecular weight is 564 g/mol. The standard InChI is InChI=1S/C22H19Cl4F5N2O/c1-11(10-32-5-4-27)33-21(34)14-3-2-12(6-16(14)23)19(28)9-15(22(29,30)31)13-7-17(24)20(26)18(25)8-13/h2-3,6-9,11,15,32H,4-5,10H2,1H3,(H,33,34)/b19-9-. The molecule has 2 atom stereocenters. The molecule has 34 heavy (non-hydrogen) atoms. The van der Waals surface area contributed by atoms with E-state index in [0.29, 0.717) is 12.6 Å². The lowest BCUT2D eigenvalue weighted by molar-refractivity contribution is -0.139. The van der Waals surface area contributed by atoms with Crippen molar-refractivity contribution in [3.63, 3.8) is 0 Å². The summed E-state index contributed by atoms with van der Waals surface area (Å²) < 4.78 is 68.1. The second-order valence-electron chi connectivity index (χ2n) is 7.29. The van der Waals surface area contributed by atoms with Crippen LogP contribution in [0.2, 0.25) is 20.1 Å². The molecule has 1 amide bonds. The Labute approximate surface area is 213 Å². The van der Waals surface area contributed by atoms with E-state index in [4.69, 9.17) is 46.4 Å². The fourth-order valence-corrected chi connectivity index (χ4v) is 3.84. The molecule has 0 saturated heterocycles. The van der Waals surface area contributed by atoms with Gasteiger partial charge >= 0.3 is 6.18 Å². The van der Waals surface area contributed by atoms with Crippen LogP contribution in [-0.2, 0) is 0 Å². The summed E-state index contributed by atoms with van der Waals surface area (Å²) in [4.78, 5) is 12.4. The van der Waals surface area contributed by atoms with Gasteiger partial charge in [-0.05, 0) is 42.8 Å². The lowest BCUT2D eigenvalue weighted by atomic mass is 9.96. The van der Waals surface area contributed by atoms with Gasteiger partial charge in [-0.25, -0.2) is 8.78 Å². The maximum Gasteiger partial charge on any atom is 0.399 e. The van der Waals surface area contributed by atoms with Crippen molar-refractivity contribution in [2.24, 2.45) is 0 Å². The number of allylic oxidation sites excluding steroid dienone is 1. The summed E-state index contributed by atoms with van der Waals surface area (Å²) in [7, 11) is 0. The first-order valence-corrected chi connectivity index (χ1v) is 11.3. The maximum atomic E-state index is 14.8. The molecule has 2 N–H and O–H groups in total. The molecule has 2 unspecified atom stereocenters. The van der Waals surface area contributed by atoms with E-state index in [1.807, 2.05) is 0 Å². The molecule has 2 aromatic rings. The highest BCUT2D eigenvalue weighted by molar-refractivity contribution is 6.48. The summed E-state index contributed by atoms with van der Waals surface area (Å²) in [5, 5.41) is 4.72. The molecule has 2 rings (SSSR count). The van der Waals surface area contributed by atoms with Crippen molar-refractivity contribution in [1.29, 1.82) is 0 Å². The van der Waals surface area contributed by atoms with E-state index in [-0.39, 0.29) is 43.8 Å². The van der Waals surface area contributed by atoms with Gasteiger partial charge in [0.1, 0.15) is 18.4 Å². The van der Waals surface area contributed by atoms with Crippen molar-refractivity contribution < 1.29 is 26.7 Å². The number of hydrogen-bond acceptors (Lipinski definition) is 2. The fourth-order valence-electron chi connectivity index (χ4n) is 2.96. The highest BCUT2D eigenvalue weighted by Gasteiger charge is 2.40. The van der Waals surface area contributed by atoms with Crippen molar-refractivity contribution >= 4 is 58.1 Å². The Balaban J connectivity index is 2.29. The van der Waals surface area contributed by atoms with E-state index >= 15 is 0 Å². The Kier molecular flexibility index (Phi) is 10.5. The van der Waals surface area contributed by atoms with Crippen LogP contribution in [0.4, 0.5) is 22.0 Å². The number of halogens is 9. The maximum absolute atomic E-state index is 14.8. The molecule has 0 radical (unpaired) electrons. The first-order chi connectivity index (χ1) is 15.8. The lowest BCUT2D eigenvalue weighted by Gasteiger charge is -2.19. The first kappa shape index (κ1) is 28.7. The van der Waals surface area contributed by atoms with Crippen molar-refractivity contribution in [2.45, 2.75) is 25.1 Å². The van der Waals surface area contributed by atoms with E-state index in [1.54, 1.807) is 6.92 Å². The van der Waals surface area contributed by atoms with Gasteiger partial charge < -0.3 is 10.6 Å². The summed E-state index contributed by atoms with van der Waals surface area (Å²) in [6.45, 7) is 1.57. The number of carbonyl (C=O) groups is 1. The molecule has 0 bridgehead atoms. The zero-order valence-electron chi connectivity index (χ0n) is 17.6. The Bertz CT molecular complexity index is 1040. The van der Waals surface area contributed by atoms with Crippen LogP contribution in [0.5, 0.6) is 0 Å². The third kappa shape index (κ3) is 7.71. The molecule has 0 spiro atoms. The summed E-state index contributed by atoms with van der Waals surface area (Å²) in [5.41, 5.74) is -0.668. The SMILES string of the molecule is CC(CNCCF)NC(=O)c1ccc(/C(F)=C/C(c2cc(Cl)c(Cl)c(Cl)c2)C(F)(F)F)cc1Cl. The van der Waals surface area contributed by atoms with Gasteiger partial charge in [0.05, 0.1) is 25.7 Å². The first-order valence-electron chi connectivity index (χ1n) is 9.81. The van der Waals surface area contributed by atoms with Gasteiger partial charge in [-0.2, -0.15) is 13.2 Å². The smallest absolute Gasteiger partial charge is 0.348 e. The number of hydrogen-bond donors (Lipinski definition) is 2. The summed E-state index contributed by atoms with van der Waals surface area (Å²) in [5.74, 6) is -4.17. The van der Waals surface area contributed by atoms with E-state index in [9.17, 15) is 26.7 Å². The van der Waals surface area contributed by atoms with Crippen molar-refractivity contribution in [1.82, 2.24) is 10.6 Å². The molecule has 0 aliphatic rings. The molecule has 0 aliphatic heterocycles. The van der Waals surface area contributed by atoms with Crippen LogP contribution in [0.15, 0.2) is 36.4 Å². The van der Waals surface area contributed by atoms with E-state index < -0.39 is 36.1 Å². The predicted molar refractivity (Wildman–Crippen MR) is 127 cm³/mol. The van der Waals surface area contributed by atoms with Gasteiger partial charge in [-0.3, -0.25) is 4.79 Å². The Morgan fingerprint density at radius 1 is 1.06 bits per heavy atom. The Hall–Kier alpha value is -1.58. The number of benzene rings is 2. The fraction of sp³-hybridized carbons (Fsp3) is 0.318. The molecule has 0 aromatic heterocycles. The van der Waals surface area contributed by atoms with Gasteiger partial charge in [0.15, 0.2) is 0 Å². The average Bonchev–Trinajstić information content (AvgIpc) is 2.74. The van der Waals surface area contributed by atoms with Gasteiger partial charge in [-0.1, -0.05) is 52.5 Å². The van der Waals surface area contributed by atoms with Crippen LogP contribution in [0, 0.1) is 0 Å². The molecule has 3 nitrogen and oxygen atoms in total. The van der Waals surface area contributed by atoms with Gasteiger partial charge in [0.2, 0.25) is 0 Å². The molecular formula is C22H19Cl4F5N2O. The van der Waals surface area contributed by atoms with Gasteiger partial charge in [0, 0.05) is 24.7 Å². The highest BCUT2D eigenvalue weighted by Crippen LogP contribution is 2.42. The normalized spacial score (nSPS) is 14.1. The third-order valence-corrected chi connectivity index (χ3v) is 6.13. The largest absolute Gasteiger partial charge is 0.399 e. The Morgan fingerprint density at radius 3 is 2.21 bits per heavy atom. The summed E-state index contributed by atoms with van der Waals surface area (Å²) in [6.07, 6.45) is -4.51. The molecular weight excluding hydrogens is 545 g/mol. The molecule has 186 valence electrons. The third-order valence-electron chi connectivity index (χ3n) is 4.62. The van der Waals surface area contributed by atoms with Crippen LogP contribution in [0.25, 0.3) is 5.83 Å². The Morgan fingerprint density at radius 2 is 1.68 bits per heavy atom. The molecule has 12 heteroatoms. The molecule has 0 heterocycles. The molecule has 0 aliphatic carbocycles. The quantitative estimate of drug-likeness (QED) is 0.187. The number of carbonyl (C=O) groups excluding carboxylic acids is 1. The summed E-state index contributed by atoms with van der Waals surface area (Å²) in [6, 6.07) is 4.93. The zero-order chi connectivity index (χ0) is 25.6. The zero-order valence-corrected chi connectivity index (χ0v) is 20.6. The second-order valence-corrected chi connectivity index (χ2v) is 8.89. The predicted octanol–water partition coefficient (Wildman–Crippen LogP) is 7.63. The number of alkyl halides is 4. The van der Waals surface area contributed by atoms with Crippen LogP contribution in [-0.4, -0.2) is 37.9 Å². The minimum absolute atomic E-state index is 0.000746. The monoisotopic (exact) mass is 562 g/mol. The van der Waals surface area contributed by atoms with Gasteiger partial charge in [0.25, 0.3) is 5.91 Å². The van der Waals surface area contributed by atoms with E-state index in [1.165, 1.54) is 6.07 Å². The van der Waals surface area contributed by atoms with Crippen molar-refractivity contribution in [3.8, 4) is 0 Å². The number of rotatable bonds is 9. The highest BCUT2D eigenvalue weighted by atomic mass is 35.5.